The molecule has 4 aromatic rings. The second-order valence-corrected chi connectivity index (χ2v) is 14.0. The third-order valence-electron chi connectivity index (χ3n) is 7.15. The van der Waals surface area contributed by atoms with Crippen molar-refractivity contribution in [3.8, 4) is 0 Å². The third-order valence-corrected chi connectivity index (χ3v) is 10.2. The number of benzene rings is 4. The van der Waals surface area contributed by atoms with Crippen LogP contribution in [0.15, 0.2) is 112 Å². The van der Waals surface area contributed by atoms with Gasteiger partial charge in [-0.25, -0.2) is 8.42 Å². The Labute approximate surface area is 283 Å². The summed E-state index contributed by atoms with van der Waals surface area (Å²) < 4.78 is 30.0. The van der Waals surface area contributed by atoms with Crippen molar-refractivity contribution in [1.82, 2.24) is 10.2 Å². The Hall–Kier alpha value is -3.37. The quantitative estimate of drug-likeness (QED) is 0.136. The van der Waals surface area contributed by atoms with E-state index < -0.39 is 28.5 Å². The number of carbonyl (C=O) groups is 2. The number of anilines is 1. The fourth-order valence-corrected chi connectivity index (χ4v) is 7.15. The average Bonchev–Trinajstić information content (AvgIpc) is 3.04. The van der Waals surface area contributed by atoms with Gasteiger partial charge in [-0.15, -0.1) is 0 Å². The summed E-state index contributed by atoms with van der Waals surface area (Å²) in [6.45, 7) is 1.91. The van der Waals surface area contributed by atoms with Gasteiger partial charge in [-0.05, 0) is 53.9 Å². The third kappa shape index (κ3) is 9.10. The molecule has 0 bridgehead atoms. The van der Waals surface area contributed by atoms with Gasteiger partial charge in [0.2, 0.25) is 11.8 Å². The van der Waals surface area contributed by atoms with Gasteiger partial charge >= 0.3 is 0 Å². The van der Waals surface area contributed by atoms with E-state index in [1.165, 1.54) is 23.1 Å². The molecule has 0 radical (unpaired) electrons. The molecule has 11 heteroatoms. The molecule has 0 aliphatic rings. The summed E-state index contributed by atoms with van der Waals surface area (Å²) in [5.41, 5.74) is 1.66. The van der Waals surface area contributed by atoms with E-state index >= 15 is 0 Å². The van der Waals surface area contributed by atoms with Gasteiger partial charge in [0.25, 0.3) is 10.0 Å². The fourth-order valence-electron chi connectivity index (χ4n) is 4.81. The standard InChI is InChI=1S/C34H34BrCl2N3O4S/c1-2-3-20-38-34(42)31(22-25-12-6-4-7-13-25)39(23-26-14-10-15-27(35)21-26)32(41)24-40(30-19-11-18-29(36)33(30)37)45(43,44)28-16-8-5-9-17-28/h4-19,21,31H,2-3,20,22-24H2,1H3,(H,38,42). The highest BCUT2D eigenvalue weighted by Gasteiger charge is 2.35. The summed E-state index contributed by atoms with van der Waals surface area (Å²) >= 11 is 16.4. The van der Waals surface area contributed by atoms with Crippen LogP contribution in [0, 0.1) is 0 Å². The van der Waals surface area contributed by atoms with Crippen molar-refractivity contribution < 1.29 is 18.0 Å². The van der Waals surface area contributed by atoms with Crippen molar-refractivity contribution >= 4 is 66.7 Å². The zero-order chi connectivity index (χ0) is 32.4. The minimum absolute atomic E-state index is 0.0110. The number of sulfonamides is 1. The summed E-state index contributed by atoms with van der Waals surface area (Å²) in [5.74, 6) is -0.911. The lowest BCUT2D eigenvalue weighted by Crippen LogP contribution is -2.53. The maximum atomic E-state index is 14.5. The number of hydrogen-bond acceptors (Lipinski definition) is 4. The lowest BCUT2D eigenvalue weighted by Gasteiger charge is -2.34. The highest BCUT2D eigenvalue weighted by atomic mass is 79.9. The number of nitrogens with one attached hydrogen (secondary N) is 1. The molecule has 0 fully saturated rings. The second-order valence-electron chi connectivity index (χ2n) is 10.4. The van der Waals surface area contributed by atoms with Crippen LogP contribution in [0.2, 0.25) is 10.0 Å². The molecule has 1 unspecified atom stereocenters. The van der Waals surface area contributed by atoms with Crippen LogP contribution in [0.3, 0.4) is 0 Å². The Kier molecular flexibility index (Phi) is 12.5. The Balaban J connectivity index is 1.81. The van der Waals surface area contributed by atoms with E-state index in [9.17, 15) is 18.0 Å². The van der Waals surface area contributed by atoms with Gasteiger partial charge in [-0.3, -0.25) is 13.9 Å². The molecule has 7 nitrogen and oxygen atoms in total. The molecule has 0 aliphatic heterocycles. The molecular weight excluding hydrogens is 697 g/mol. The largest absolute Gasteiger partial charge is 0.354 e. The van der Waals surface area contributed by atoms with E-state index in [0.717, 1.165) is 32.7 Å². The van der Waals surface area contributed by atoms with Crippen molar-refractivity contribution in [3.63, 3.8) is 0 Å². The first kappa shape index (κ1) is 34.5. The number of amides is 2. The smallest absolute Gasteiger partial charge is 0.264 e. The van der Waals surface area contributed by atoms with Crippen molar-refractivity contribution in [2.45, 2.75) is 43.7 Å². The molecular formula is C34H34BrCl2N3O4S. The molecule has 0 saturated carbocycles. The number of unbranched alkanes of at least 4 members (excludes halogenated alkanes) is 1. The van der Waals surface area contributed by atoms with Gasteiger partial charge in [-0.1, -0.05) is 119 Å². The first-order valence-electron chi connectivity index (χ1n) is 14.5. The molecule has 4 rings (SSSR count). The van der Waals surface area contributed by atoms with Gasteiger partial charge in [0.1, 0.15) is 12.6 Å². The number of rotatable bonds is 14. The Bertz CT molecular complexity index is 1710. The first-order valence-corrected chi connectivity index (χ1v) is 17.5. The molecule has 0 saturated heterocycles. The molecule has 0 aliphatic carbocycles. The van der Waals surface area contributed by atoms with Crippen molar-refractivity contribution in [2.24, 2.45) is 0 Å². The summed E-state index contributed by atoms with van der Waals surface area (Å²) in [6, 6.07) is 28.3. The van der Waals surface area contributed by atoms with Crippen molar-refractivity contribution in [3.05, 3.63) is 129 Å². The SMILES string of the molecule is CCCCNC(=O)C(Cc1ccccc1)N(Cc1cccc(Br)c1)C(=O)CN(c1cccc(Cl)c1Cl)S(=O)(=O)c1ccccc1. The lowest BCUT2D eigenvalue weighted by atomic mass is 10.0. The van der Waals surface area contributed by atoms with Gasteiger partial charge in [-0.2, -0.15) is 0 Å². The Morgan fingerprint density at radius 3 is 2.18 bits per heavy atom. The number of nitrogens with zero attached hydrogens (tertiary/aromatic N) is 2. The minimum Gasteiger partial charge on any atom is -0.354 e. The number of halogens is 3. The van der Waals surface area contributed by atoms with E-state index in [-0.39, 0.29) is 39.5 Å². The van der Waals surface area contributed by atoms with Crippen LogP contribution in [0.4, 0.5) is 5.69 Å². The minimum atomic E-state index is -4.29. The monoisotopic (exact) mass is 729 g/mol. The Morgan fingerprint density at radius 2 is 1.51 bits per heavy atom. The average molecular weight is 732 g/mol. The topological polar surface area (TPSA) is 86.8 Å². The van der Waals surface area contributed by atoms with Crippen LogP contribution in [-0.4, -0.2) is 44.3 Å². The predicted molar refractivity (Wildman–Crippen MR) is 184 cm³/mol. The second kappa shape index (κ2) is 16.3. The van der Waals surface area contributed by atoms with Gasteiger partial charge in [0.15, 0.2) is 0 Å². The highest BCUT2D eigenvalue weighted by molar-refractivity contribution is 9.10. The van der Waals surface area contributed by atoms with E-state index in [1.807, 2.05) is 61.5 Å². The maximum Gasteiger partial charge on any atom is 0.264 e. The van der Waals surface area contributed by atoms with Crippen LogP contribution in [-0.2, 0) is 32.6 Å². The zero-order valence-electron chi connectivity index (χ0n) is 24.7. The lowest BCUT2D eigenvalue weighted by molar-refractivity contribution is -0.140. The molecule has 1 N–H and O–H groups in total. The van der Waals surface area contributed by atoms with Crippen LogP contribution >= 0.6 is 39.1 Å². The number of hydrogen-bond donors (Lipinski definition) is 1. The summed E-state index contributed by atoms with van der Waals surface area (Å²) in [7, 11) is -4.29. The molecule has 2 amide bonds. The van der Waals surface area contributed by atoms with Crippen LogP contribution in [0.1, 0.15) is 30.9 Å². The molecule has 236 valence electrons. The van der Waals surface area contributed by atoms with E-state index in [4.69, 9.17) is 23.2 Å². The summed E-state index contributed by atoms with van der Waals surface area (Å²) in [5, 5.41) is 3.11. The van der Waals surface area contributed by atoms with Gasteiger partial charge in [0.05, 0.1) is 20.6 Å². The van der Waals surface area contributed by atoms with Crippen LogP contribution < -0.4 is 9.62 Å². The molecule has 0 spiro atoms. The van der Waals surface area contributed by atoms with Crippen LogP contribution in [0.25, 0.3) is 0 Å². The van der Waals surface area contributed by atoms with E-state index in [1.54, 1.807) is 30.3 Å². The first-order chi connectivity index (χ1) is 21.6. The highest BCUT2D eigenvalue weighted by Crippen LogP contribution is 2.35. The fraction of sp³-hybridized carbons (Fsp3) is 0.235. The van der Waals surface area contributed by atoms with Crippen molar-refractivity contribution in [1.29, 1.82) is 0 Å². The zero-order valence-corrected chi connectivity index (χ0v) is 28.6. The number of carbonyl (C=O) groups excluding carboxylic acids is 2. The summed E-state index contributed by atoms with van der Waals surface area (Å²) in [4.78, 5) is 29.7. The Morgan fingerprint density at radius 1 is 0.867 bits per heavy atom. The predicted octanol–water partition coefficient (Wildman–Crippen LogP) is 7.51. The maximum absolute atomic E-state index is 14.5. The van der Waals surface area contributed by atoms with Crippen LogP contribution in [0.5, 0.6) is 0 Å². The summed E-state index contributed by atoms with van der Waals surface area (Å²) in [6.07, 6.45) is 1.89. The normalized spacial score (nSPS) is 11.9. The van der Waals surface area contributed by atoms with Gasteiger partial charge < -0.3 is 10.2 Å². The molecule has 0 aromatic heterocycles. The molecule has 0 heterocycles. The molecule has 45 heavy (non-hydrogen) atoms. The van der Waals surface area contributed by atoms with E-state index in [2.05, 4.69) is 21.2 Å². The molecule has 1 atom stereocenters. The van der Waals surface area contributed by atoms with Gasteiger partial charge in [0, 0.05) is 24.0 Å². The molecule has 4 aromatic carbocycles. The van der Waals surface area contributed by atoms with E-state index in [0.29, 0.717) is 6.54 Å². The van der Waals surface area contributed by atoms with Crippen molar-refractivity contribution in [2.75, 3.05) is 17.4 Å².